The summed E-state index contributed by atoms with van der Waals surface area (Å²) >= 11 is 1.13. The lowest BCUT2D eigenvalue weighted by atomic mass is 10.1. The van der Waals surface area contributed by atoms with Crippen LogP contribution in [0.15, 0.2) is 82.2 Å². The molecule has 0 saturated carbocycles. The van der Waals surface area contributed by atoms with Crippen LogP contribution in [0, 0.1) is 18.7 Å². The van der Waals surface area contributed by atoms with E-state index in [2.05, 4.69) is 10.6 Å². The number of aryl methyl sites for hydroxylation is 1. The molecule has 3 amide bonds. The van der Waals surface area contributed by atoms with Crippen molar-refractivity contribution in [3.8, 4) is 5.75 Å². The van der Waals surface area contributed by atoms with E-state index in [-0.39, 0.29) is 28.1 Å². The molecule has 0 saturated heterocycles. The summed E-state index contributed by atoms with van der Waals surface area (Å²) in [6, 6.07) is 17.7. The Morgan fingerprint density at radius 1 is 1.00 bits per heavy atom. The summed E-state index contributed by atoms with van der Waals surface area (Å²) in [6.45, 7) is 5.85. The molecule has 4 rings (SSSR count). The Hall–Kier alpha value is -4.11. The monoisotopic (exact) mass is 533 g/mol. The molecule has 0 aliphatic carbocycles. The Bertz CT molecular complexity index is 1400. The standard InChI is InChI=1S/C29H28FN3O4S/c1-17(2)15-25(34)31-20-8-12-22(13-9-20)38-27-26(32-23-16-18(3)5-14-24(23)37-4)28(35)33(29(27)36)21-10-6-19(30)7-11-21/h5-14,16-17,32H,15H2,1-4H3,(H,31,34). The number of hydrogen-bond donors (Lipinski definition) is 2. The Morgan fingerprint density at radius 2 is 1.68 bits per heavy atom. The van der Waals surface area contributed by atoms with Crippen molar-refractivity contribution in [1.82, 2.24) is 0 Å². The zero-order chi connectivity index (χ0) is 27.4. The Labute approximate surface area is 225 Å². The number of nitrogens with one attached hydrogen (secondary N) is 2. The molecule has 1 heterocycles. The van der Waals surface area contributed by atoms with Gasteiger partial charge in [0.1, 0.15) is 22.2 Å². The highest BCUT2D eigenvalue weighted by atomic mass is 32.2. The van der Waals surface area contributed by atoms with Gasteiger partial charge in [-0.25, -0.2) is 9.29 Å². The first-order chi connectivity index (χ1) is 18.2. The SMILES string of the molecule is COc1ccc(C)cc1NC1=C(Sc2ccc(NC(=O)CC(C)C)cc2)C(=O)N(c2ccc(F)cc2)C1=O. The Morgan fingerprint density at radius 3 is 2.32 bits per heavy atom. The number of carbonyl (C=O) groups is 3. The van der Waals surface area contributed by atoms with Gasteiger partial charge >= 0.3 is 0 Å². The van der Waals surface area contributed by atoms with Crippen LogP contribution < -0.4 is 20.3 Å². The largest absolute Gasteiger partial charge is 0.495 e. The quantitative estimate of drug-likeness (QED) is 0.323. The summed E-state index contributed by atoms with van der Waals surface area (Å²) in [5.41, 5.74) is 2.45. The highest BCUT2D eigenvalue weighted by Crippen LogP contribution is 2.39. The number of rotatable bonds is 9. The average molecular weight is 534 g/mol. The third-order valence-electron chi connectivity index (χ3n) is 5.69. The fraction of sp³-hybridized carbons (Fsp3) is 0.207. The predicted octanol–water partition coefficient (Wildman–Crippen LogP) is 6.12. The molecule has 0 atom stereocenters. The second-order valence-electron chi connectivity index (χ2n) is 9.23. The van der Waals surface area contributed by atoms with E-state index in [4.69, 9.17) is 4.74 Å². The zero-order valence-electron chi connectivity index (χ0n) is 21.5. The van der Waals surface area contributed by atoms with Gasteiger partial charge in [0, 0.05) is 17.0 Å². The van der Waals surface area contributed by atoms with Crippen molar-refractivity contribution >= 4 is 46.5 Å². The fourth-order valence-electron chi connectivity index (χ4n) is 3.90. The second kappa shape index (κ2) is 11.5. The lowest BCUT2D eigenvalue weighted by molar-refractivity contribution is -0.120. The van der Waals surface area contributed by atoms with E-state index < -0.39 is 17.6 Å². The van der Waals surface area contributed by atoms with Crippen LogP contribution in [0.5, 0.6) is 5.75 Å². The number of anilines is 3. The maximum Gasteiger partial charge on any atom is 0.283 e. The summed E-state index contributed by atoms with van der Waals surface area (Å²) < 4.78 is 19.0. The van der Waals surface area contributed by atoms with Gasteiger partial charge in [-0.2, -0.15) is 0 Å². The lowest BCUT2D eigenvalue weighted by Gasteiger charge is -2.16. The summed E-state index contributed by atoms with van der Waals surface area (Å²) in [5.74, 6) is -0.897. The topological polar surface area (TPSA) is 87.7 Å². The lowest BCUT2D eigenvalue weighted by Crippen LogP contribution is -2.32. The van der Waals surface area contributed by atoms with E-state index in [1.54, 1.807) is 30.3 Å². The molecule has 0 aromatic heterocycles. The van der Waals surface area contributed by atoms with Crippen LogP contribution in [0.4, 0.5) is 21.5 Å². The average Bonchev–Trinajstić information content (AvgIpc) is 3.09. The van der Waals surface area contributed by atoms with Crippen LogP contribution in [0.3, 0.4) is 0 Å². The fourth-order valence-corrected chi connectivity index (χ4v) is 4.83. The van der Waals surface area contributed by atoms with Gasteiger partial charge in [0.2, 0.25) is 5.91 Å². The summed E-state index contributed by atoms with van der Waals surface area (Å²) in [7, 11) is 1.52. The van der Waals surface area contributed by atoms with Crippen molar-refractivity contribution in [3.63, 3.8) is 0 Å². The van der Waals surface area contributed by atoms with Crippen LogP contribution >= 0.6 is 11.8 Å². The van der Waals surface area contributed by atoms with Crippen LogP contribution in [-0.4, -0.2) is 24.8 Å². The summed E-state index contributed by atoms with van der Waals surface area (Å²) in [5, 5.41) is 5.97. The highest BCUT2D eigenvalue weighted by molar-refractivity contribution is 8.04. The van der Waals surface area contributed by atoms with E-state index in [1.807, 2.05) is 32.9 Å². The van der Waals surface area contributed by atoms with E-state index in [1.165, 1.54) is 31.4 Å². The number of methoxy groups -OCH3 is 1. The molecule has 0 fully saturated rings. The first kappa shape index (κ1) is 26.9. The van der Waals surface area contributed by atoms with Crippen LogP contribution in [-0.2, 0) is 14.4 Å². The van der Waals surface area contributed by atoms with Gasteiger partial charge < -0.3 is 15.4 Å². The first-order valence-electron chi connectivity index (χ1n) is 12.0. The van der Waals surface area contributed by atoms with Crippen molar-refractivity contribution in [2.24, 2.45) is 5.92 Å². The minimum absolute atomic E-state index is 0.0757. The summed E-state index contributed by atoms with van der Waals surface area (Å²) in [4.78, 5) is 41.1. The molecular weight excluding hydrogens is 505 g/mol. The smallest absolute Gasteiger partial charge is 0.283 e. The minimum atomic E-state index is -0.565. The van der Waals surface area contributed by atoms with Gasteiger partial charge in [-0.15, -0.1) is 0 Å². The number of hydrogen-bond acceptors (Lipinski definition) is 6. The van der Waals surface area contributed by atoms with Crippen molar-refractivity contribution in [1.29, 1.82) is 0 Å². The first-order valence-corrected chi connectivity index (χ1v) is 12.9. The number of thioether (sulfide) groups is 1. The van der Waals surface area contributed by atoms with Crippen LogP contribution in [0.2, 0.25) is 0 Å². The van der Waals surface area contributed by atoms with E-state index in [9.17, 15) is 18.8 Å². The van der Waals surface area contributed by atoms with Crippen LogP contribution in [0.25, 0.3) is 0 Å². The summed E-state index contributed by atoms with van der Waals surface area (Å²) in [6.07, 6.45) is 0.413. The number of carbonyl (C=O) groups excluding carboxylic acids is 3. The third kappa shape index (κ3) is 6.06. The molecule has 0 bridgehead atoms. The molecule has 2 N–H and O–H groups in total. The number of nitrogens with zero attached hydrogens (tertiary/aromatic N) is 1. The normalized spacial score (nSPS) is 13.4. The van der Waals surface area contributed by atoms with Gasteiger partial charge in [0.15, 0.2) is 0 Å². The second-order valence-corrected chi connectivity index (χ2v) is 10.3. The van der Waals surface area contributed by atoms with Gasteiger partial charge in [0.05, 0.1) is 18.5 Å². The zero-order valence-corrected chi connectivity index (χ0v) is 22.3. The molecule has 0 radical (unpaired) electrons. The third-order valence-corrected chi connectivity index (χ3v) is 6.78. The van der Waals surface area contributed by atoms with E-state index >= 15 is 0 Å². The van der Waals surface area contributed by atoms with Crippen molar-refractivity contribution < 1.29 is 23.5 Å². The molecule has 1 aliphatic heterocycles. The minimum Gasteiger partial charge on any atom is -0.495 e. The van der Waals surface area contributed by atoms with Gasteiger partial charge in [-0.3, -0.25) is 14.4 Å². The maximum atomic E-state index is 13.5. The number of imide groups is 1. The Balaban J connectivity index is 1.67. The highest BCUT2D eigenvalue weighted by Gasteiger charge is 2.40. The van der Waals surface area contributed by atoms with E-state index in [0.29, 0.717) is 28.4 Å². The van der Waals surface area contributed by atoms with E-state index in [0.717, 1.165) is 22.2 Å². The predicted molar refractivity (Wildman–Crippen MR) is 148 cm³/mol. The van der Waals surface area contributed by atoms with Gasteiger partial charge in [-0.05, 0) is 79.1 Å². The van der Waals surface area contributed by atoms with Gasteiger partial charge in [0.25, 0.3) is 11.8 Å². The molecule has 0 unspecified atom stereocenters. The molecule has 38 heavy (non-hydrogen) atoms. The molecular formula is C29H28FN3O4S. The molecule has 3 aromatic rings. The number of ether oxygens (including phenoxy) is 1. The van der Waals surface area contributed by atoms with Crippen LogP contribution in [0.1, 0.15) is 25.8 Å². The molecule has 196 valence electrons. The van der Waals surface area contributed by atoms with Crippen molar-refractivity contribution in [2.45, 2.75) is 32.1 Å². The molecule has 3 aromatic carbocycles. The molecule has 9 heteroatoms. The van der Waals surface area contributed by atoms with Crippen molar-refractivity contribution in [3.05, 3.63) is 88.7 Å². The van der Waals surface area contributed by atoms with Gasteiger partial charge in [-0.1, -0.05) is 31.7 Å². The molecule has 7 nitrogen and oxygen atoms in total. The Kier molecular flexibility index (Phi) is 8.16. The number of halogens is 1. The molecule has 0 spiro atoms. The van der Waals surface area contributed by atoms with Crippen molar-refractivity contribution in [2.75, 3.05) is 22.6 Å². The molecule has 1 aliphatic rings. The maximum absolute atomic E-state index is 13.5. The number of benzene rings is 3. The number of amides is 3.